The number of hydrogen-bond donors (Lipinski definition) is 1. The van der Waals surface area contributed by atoms with Crippen LogP contribution in [0.5, 0.6) is 5.75 Å². The first-order valence-electron chi connectivity index (χ1n) is 4.71. The van der Waals surface area contributed by atoms with Gasteiger partial charge in [-0.3, -0.25) is 14.7 Å². The molecule has 0 saturated carbocycles. The van der Waals surface area contributed by atoms with Crippen LogP contribution < -0.4 is 56.1 Å². The molecule has 0 heterocycles. The van der Waals surface area contributed by atoms with Crippen molar-refractivity contribution >= 4 is 15.8 Å². The average Bonchev–Trinajstić information content (AvgIpc) is 2.24. The minimum Gasteiger partial charge on any atom is -0.494 e. The molecule has 1 rings (SSSR count). The molecule has 0 saturated heterocycles. The van der Waals surface area contributed by atoms with Crippen molar-refractivity contribution in [2.24, 2.45) is 0 Å². The summed E-state index contributed by atoms with van der Waals surface area (Å²) in [5.74, 6) is 0.0333. The van der Waals surface area contributed by atoms with E-state index in [-0.39, 0.29) is 75.9 Å². The zero-order chi connectivity index (χ0) is 12.9. The van der Waals surface area contributed by atoms with Crippen molar-refractivity contribution in [2.75, 3.05) is 12.4 Å². The van der Waals surface area contributed by atoms with Crippen molar-refractivity contribution < 1.29 is 74.0 Å². The van der Waals surface area contributed by atoms with Gasteiger partial charge in [0.15, 0.2) is 0 Å². The summed E-state index contributed by atoms with van der Waals surface area (Å²) in [6.45, 7) is 0.109. The van der Waals surface area contributed by atoms with Gasteiger partial charge in [-0.25, -0.2) is 0 Å². The third-order valence-corrected chi connectivity index (χ3v) is 2.67. The van der Waals surface area contributed by atoms with Crippen LogP contribution in [0.2, 0.25) is 0 Å². The number of benzene rings is 1. The molecule has 0 aromatic heterocycles. The predicted octanol–water partition coefficient (Wildman–Crippen LogP) is -1.74. The molecule has 0 aliphatic carbocycles. The summed E-state index contributed by atoms with van der Waals surface area (Å²) in [5.41, 5.74) is -0.0460. The van der Waals surface area contributed by atoms with Crippen molar-refractivity contribution in [3.05, 3.63) is 34.4 Å². The quantitative estimate of drug-likeness (QED) is 0.220. The molecule has 1 N–H and O–H groups in total. The van der Waals surface area contributed by atoms with Gasteiger partial charge in [0, 0.05) is 12.1 Å². The molecular formula is C9H11KNO6S+. The maximum Gasteiger partial charge on any atom is 1.00 e. The molecule has 9 heteroatoms. The van der Waals surface area contributed by atoms with Gasteiger partial charge in [0.1, 0.15) is 5.75 Å². The molecule has 0 aliphatic rings. The Kier molecular flexibility index (Phi) is 8.18. The largest absolute Gasteiger partial charge is 1.00 e. The smallest absolute Gasteiger partial charge is 0.494 e. The SMILES string of the molecule is O=[N+]([O-])c1ccc(OCCCS(=O)(=O)O)cc1.[K+]. The Morgan fingerprint density at radius 1 is 1.28 bits per heavy atom. The second kappa shape index (κ2) is 8.20. The fourth-order valence-electron chi connectivity index (χ4n) is 1.10. The van der Waals surface area contributed by atoms with E-state index in [0.29, 0.717) is 5.75 Å². The van der Waals surface area contributed by atoms with Crippen molar-refractivity contribution in [1.29, 1.82) is 0 Å². The van der Waals surface area contributed by atoms with E-state index in [9.17, 15) is 18.5 Å². The Hall–Kier alpha value is -0.0336. The van der Waals surface area contributed by atoms with Crippen molar-refractivity contribution in [3.63, 3.8) is 0 Å². The van der Waals surface area contributed by atoms with Crippen LogP contribution in [0.25, 0.3) is 0 Å². The van der Waals surface area contributed by atoms with Gasteiger partial charge in [-0.05, 0) is 18.6 Å². The summed E-state index contributed by atoms with van der Waals surface area (Å²) in [6, 6.07) is 5.42. The van der Waals surface area contributed by atoms with Gasteiger partial charge in [-0.2, -0.15) is 8.42 Å². The normalized spacial score (nSPS) is 10.5. The van der Waals surface area contributed by atoms with Gasteiger partial charge >= 0.3 is 51.4 Å². The summed E-state index contributed by atoms with van der Waals surface area (Å²) in [4.78, 5) is 9.83. The Morgan fingerprint density at radius 2 is 1.83 bits per heavy atom. The molecule has 1 aromatic rings. The number of hydrogen-bond acceptors (Lipinski definition) is 5. The summed E-state index contributed by atoms with van der Waals surface area (Å²) in [6.07, 6.45) is 0.149. The van der Waals surface area contributed by atoms with Gasteiger partial charge < -0.3 is 4.74 Å². The Bertz CT molecular complexity index is 486. The van der Waals surface area contributed by atoms with Crippen LogP contribution in [0.1, 0.15) is 6.42 Å². The Labute approximate surface area is 147 Å². The average molecular weight is 300 g/mol. The molecule has 1 aromatic carbocycles. The molecular weight excluding hydrogens is 289 g/mol. The fourth-order valence-corrected chi connectivity index (χ4v) is 1.58. The predicted molar refractivity (Wildman–Crippen MR) is 59.6 cm³/mol. The summed E-state index contributed by atoms with van der Waals surface area (Å²) >= 11 is 0. The number of nitro benzene ring substituents is 1. The van der Waals surface area contributed by atoms with Crippen molar-refractivity contribution in [2.45, 2.75) is 6.42 Å². The van der Waals surface area contributed by atoms with Crippen LogP contribution in [0, 0.1) is 10.1 Å². The third kappa shape index (κ3) is 7.41. The van der Waals surface area contributed by atoms with Crippen LogP contribution in [-0.2, 0) is 10.1 Å². The van der Waals surface area contributed by atoms with Gasteiger partial charge in [0.25, 0.3) is 15.8 Å². The van der Waals surface area contributed by atoms with E-state index in [1.807, 2.05) is 0 Å². The first-order chi connectivity index (χ1) is 7.88. The minimum absolute atomic E-state index is 0. The number of nitrogens with zero attached hydrogens (tertiary/aromatic N) is 1. The zero-order valence-corrected chi connectivity index (χ0v) is 13.7. The number of non-ortho nitro benzene ring substituents is 1. The standard InChI is InChI=1S/C9H11NO6S.K/c11-10(12)8-2-4-9(5-3-8)16-6-1-7-17(13,14)15;/h2-5H,1,6-7H2,(H,13,14,15);/q;+1. The molecule has 0 spiro atoms. The summed E-state index contributed by atoms with van der Waals surface area (Å²) in [5, 5.41) is 10.4. The molecule has 0 radical (unpaired) electrons. The molecule has 0 aliphatic heterocycles. The van der Waals surface area contributed by atoms with Gasteiger partial charge in [-0.1, -0.05) is 0 Å². The van der Waals surface area contributed by atoms with Crippen LogP contribution in [-0.4, -0.2) is 30.3 Å². The van der Waals surface area contributed by atoms with Crippen LogP contribution in [0.15, 0.2) is 24.3 Å². The van der Waals surface area contributed by atoms with E-state index in [0.717, 1.165) is 0 Å². The maximum absolute atomic E-state index is 10.4. The Balaban J connectivity index is 0.00000289. The zero-order valence-electron chi connectivity index (χ0n) is 9.77. The fraction of sp³-hybridized carbons (Fsp3) is 0.333. The molecule has 0 bridgehead atoms. The van der Waals surface area contributed by atoms with Gasteiger partial charge in [0.2, 0.25) is 0 Å². The molecule has 18 heavy (non-hydrogen) atoms. The first kappa shape index (κ1) is 18.0. The first-order valence-corrected chi connectivity index (χ1v) is 6.32. The molecule has 0 amide bonds. The minimum atomic E-state index is -3.97. The van der Waals surface area contributed by atoms with E-state index in [1.54, 1.807) is 0 Å². The van der Waals surface area contributed by atoms with Crippen LogP contribution >= 0.6 is 0 Å². The summed E-state index contributed by atoms with van der Waals surface area (Å²) in [7, 11) is -3.97. The summed E-state index contributed by atoms with van der Waals surface area (Å²) < 4.78 is 34.4. The van der Waals surface area contributed by atoms with Crippen LogP contribution in [0.3, 0.4) is 0 Å². The third-order valence-electron chi connectivity index (χ3n) is 1.86. The van der Waals surface area contributed by atoms with Gasteiger partial charge in [-0.15, -0.1) is 0 Å². The van der Waals surface area contributed by atoms with E-state index in [4.69, 9.17) is 9.29 Å². The molecule has 94 valence electrons. The van der Waals surface area contributed by atoms with Gasteiger partial charge in [0.05, 0.1) is 17.3 Å². The van der Waals surface area contributed by atoms with Crippen molar-refractivity contribution in [3.8, 4) is 5.75 Å². The molecule has 7 nitrogen and oxygen atoms in total. The molecule has 0 fully saturated rings. The monoisotopic (exact) mass is 300 g/mol. The number of nitro groups is 1. The second-order valence-electron chi connectivity index (χ2n) is 3.24. The maximum atomic E-state index is 10.4. The molecule has 0 atom stereocenters. The number of ether oxygens (including phenoxy) is 1. The van der Waals surface area contributed by atoms with Crippen molar-refractivity contribution in [1.82, 2.24) is 0 Å². The van der Waals surface area contributed by atoms with E-state index in [1.165, 1.54) is 24.3 Å². The van der Waals surface area contributed by atoms with Crippen LogP contribution in [0.4, 0.5) is 5.69 Å². The molecule has 0 unspecified atom stereocenters. The van der Waals surface area contributed by atoms with E-state index < -0.39 is 15.0 Å². The van der Waals surface area contributed by atoms with E-state index >= 15 is 0 Å². The van der Waals surface area contributed by atoms with E-state index in [2.05, 4.69) is 0 Å². The topological polar surface area (TPSA) is 107 Å². The number of rotatable bonds is 6. The second-order valence-corrected chi connectivity index (χ2v) is 4.81. The Morgan fingerprint density at radius 3 is 2.28 bits per heavy atom.